The third-order valence-electron chi connectivity index (χ3n) is 3.12. The molecule has 0 radical (unpaired) electrons. The lowest BCUT2D eigenvalue weighted by Gasteiger charge is -2.25. The molecule has 0 amide bonds. The predicted octanol–water partition coefficient (Wildman–Crippen LogP) is 1.34. The zero-order chi connectivity index (χ0) is 11.8. The van der Waals surface area contributed by atoms with Crippen molar-refractivity contribution < 1.29 is 14.3 Å². The second-order valence-corrected chi connectivity index (χ2v) is 4.29. The Kier molecular flexibility index (Phi) is 6.42. The van der Waals surface area contributed by atoms with Crippen LogP contribution in [0.15, 0.2) is 0 Å². The third kappa shape index (κ3) is 4.49. The highest BCUT2D eigenvalue weighted by Gasteiger charge is 2.19. The molecule has 1 saturated carbocycles. The summed E-state index contributed by atoms with van der Waals surface area (Å²) in [6.07, 6.45) is 5.18. The minimum atomic E-state index is -0.323. The lowest BCUT2D eigenvalue weighted by Crippen LogP contribution is -2.41. The van der Waals surface area contributed by atoms with Crippen molar-refractivity contribution in [2.24, 2.45) is 5.92 Å². The molecule has 0 aliphatic heterocycles. The van der Waals surface area contributed by atoms with Crippen LogP contribution in [0.4, 0.5) is 0 Å². The summed E-state index contributed by atoms with van der Waals surface area (Å²) in [6, 6.07) is -0.323. The Balaban J connectivity index is 2.08. The van der Waals surface area contributed by atoms with E-state index in [0.29, 0.717) is 6.61 Å². The molecule has 1 aliphatic rings. The lowest BCUT2D eigenvalue weighted by atomic mass is 9.83. The van der Waals surface area contributed by atoms with Crippen LogP contribution in [-0.4, -0.2) is 38.9 Å². The van der Waals surface area contributed by atoms with Gasteiger partial charge in [-0.2, -0.15) is 0 Å². The average molecular weight is 229 g/mol. The fourth-order valence-corrected chi connectivity index (χ4v) is 1.83. The van der Waals surface area contributed by atoms with Crippen molar-refractivity contribution in [2.45, 2.75) is 38.6 Å². The van der Waals surface area contributed by atoms with E-state index in [4.69, 9.17) is 9.47 Å². The first kappa shape index (κ1) is 13.5. The summed E-state index contributed by atoms with van der Waals surface area (Å²) in [6.45, 7) is 3.87. The minimum absolute atomic E-state index is 0.245. The molecule has 94 valence electrons. The first-order valence-electron chi connectivity index (χ1n) is 6.16. The molecule has 1 N–H and O–H groups in total. The van der Waals surface area contributed by atoms with Gasteiger partial charge in [0.05, 0.1) is 13.7 Å². The van der Waals surface area contributed by atoms with Crippen molar-refractivity contribution in [3.05, 3.63) is 0 Å². The van der Waals surface area contributed by atoms with Gasteiger partial charge in [0.25, 0.3) is 0 Å². The van der Waals surface area contributed by atoms with Crippen LogP contribution in [0.5, 0.6) is 0 Å². The SMILES string of the molecule is CCNC(COCCC1CCC1)C(=O)OC. The lowest BCUT2D eigenvalue weighted by molar-refractivity contribution is -0.144. The van der Waals surface area contributed by atoms with E-state index in [2.05, 4.69) is 5.32 Å². The van der Waals surface area contributed by atoms with Crippen molar-refractivity contribution in [3.8, 4) is 0 Å². The molecular weight excluding hydrogens is 206 g/mol. The van der Waals surface area contributed by atoms with E-state index in [1.54, 1.807) is 0 Å². The van der Waals surface area contributed by atoms with E-state index in [-0.39, 0.29) is 12.0 Å². The van der Waals surface area contributed by atoms with Crippen molar-refractivity contribution in [1.82, 2.24) is 5.32 Å². The highest BCUT2D eigenvalue weighted by atomic mass is 16.5. The van der Waals surface area contributed by atoms with Crippen LogP contribution >= 0.6 is 0 Å². The van der Waals surface area contributed by atoms with Gasteiger partial charge in [-0.1, -0.05) is 26.2 Å². The van der Waals surface area contributed by atoms with Crippen LogP contribution in [0.2, 0.25) is 0 Å². The fourth-order valence-electron chi connectivity index (χ4n) is 1.83. The maximum Gasteiger partial charge on any atom is 0.325 e. The van der Waals surface area contributed by atoms with Gasteiger partial charge in [0.15, 0.2) is 0 Å². The molecule has 0 bridgehead atoms. The van der Waals surface area contributed by atoms with Crippen LogP contribution in [0, 0.1) is 5.92 Å². The van der Waals surface area contributed by atoms with Crippen LogP contribution in [-0.2, 0) is 14.3 Å². The summed E-state index contributed by atoms with van der Waals surface area (Å²) in [4.78, 5) is 11.3. The zero-order valence-electron chi connectivity index (χ0n) is 10.3. The Hall–Kier alpha value is -0.610. The van der Waals surface area contributed by atoms with Crippen molar-refractivity contribution in [3.63, 3.8) is 0 Å². The number of esters is 1. The summed E-state index contributed by atoms with van der Waals surface area (Å²) in [5, 5.41) is 3.05. The van der Waals surface area contributed by atoms with E-state index in [9.17, 15) is 4.79 Å². The molecule has 0 saturated heterocycles. The Morgan fingerprint density at radius 2 is 2.25 bits per heavy atom. The first-order valence-corrected chi connectivity index (χ1v) is 6.16. The number of hydrogen-bond acceptors (Lipinski definition) is 4. The Morgan fingerprint density at radius 1 is 1.50 bits per heavy atom. The molecule has 0 aromatic heterocycles. The van der Waals surface area contributed by atoms with Crippen LogP contribution in [0.25, 0.3) is 0 Å². The van der Waals surface area contributed by atoms with E-state index in [1.807, 2.05) is 6.92 Å². The Bertz CT molecular complexity index is 204. The Labute approximate surface area is 97.7 Å². The topological polar surface area (TPSA) is 47.6 Å². The fraction of sp³-hybridized carbons (Fsp3) is 0.917. The number of ether oxygens (including phenoxy) is 2. The predicted molar refractivity (Wildman–Crippen MR) is 62.3 cm³/mol. The second-order valence-electron chi connectivity index (χ2n) is 4.29. The number of carbonyl (C=O) groups is 1. The van der Waals surface area contributed by atoms with Crippen LogP contribution in [0.1, 0.15) is 32.6 Å². The number of carbonyl (C=O) groups excluding carboxylic acids is 1. The van der Waals surface area contributed by atoms with E-state index in [1.165, 1.54) is 26.4 Å². The van der Waals surface area contributed by atoms with Gasteiger partial charge < -0.3 is 14.8 Å². The van der Waals surface area contributed by atoms with Crippen molar-refractivity contribution in [1.29, 1.82) is 0 Å². The van der Waals surface area contributed by atoms with Gasteiger partial charge in [-0.3, -0.25) is 4.79 Å². The van der Waals surface area contributed by atoms with Crippen LogP contribution in [0.3, 0.4) is 0 Å². The number of methoxy groups -OCH3 is 1. The van der Waals surface area contributed by atoms with Gasteiger partial charge in [0.2, 0.25) is 0 Å². The van der Waals surface area contributed by atoms with Crippen molar-refractivity contribution in [2.75, 3.05) is 26.9 Å². The van der Waals surface area contributed by atoms with Gasteiger partial charge in [0.1, 0.15) is 6.04 Å². The quantitative estimate of drug-likeness (QED) is 0.504. The molecule has 1 unspecified atom stereocenters. The monoisotopic (exact) mass is 229 g/mol. The second kappa shape index (κ2) is 7.63. The number of nitrogens with one attached hydrogen (secondary N) is 1. The number of rotatable bonds is 8. The first-order chi connectivity index (χ1) is 7.77. The molecule has 1 aliphatic carbocycles. The van der Waals surface area contributed by atoms with Gasteiger partial charge >= 0.3 is 5.97 Å². The molecule has 1 atom stereocenters. The van der Waals surface area contributed by atoms with E-state index >= 15 is 0 Å². The zero-order valence-corrected chi connectivity index (χ0v) is 10.3. The molecule has 0 spiro atoms. The number of likely N-dealkylation sites (N-methyl/N-ethyl adjacent to an activating group) is 1. The summed E-state index contributed by atoms with van der Waals surface area (Å²) < 4.78 is 10.2. The maximum atomic E-state index is 11.3. The molecular formula is C12H23NO3. The average Bonchev–Trinajstić information content (AvgIpc) is 2.23. The highest BCUT2D eigenvalue weighted by Crippen LogP contribution is 2.29. The summed E-state index contributed by atoms with van der Waals surface area (Å²) in [5.41, 5.74) is 0. The summed E-state index contributed by atoms with van der Waals surface area (Å²) in [7, 11) is 1.40. The third-order valence-corrected chi connectivity index (χ3v) is 3.12. The number of hydrogen-bond donors (Lipinski definition) is 1. The molecule has 4 heteroatoms. The van der Waals surface area contributed by atoms with E-state index in [0.717, 1.165) is 25.5 Å². The molecule has 0 aromatic rings. The minimum Gasteiger partial charge on any atom is -0.468 e. The molecule has 0 aromatic carbocycles. The standard InChI is InChI=1S/C12H23NO3/c1-3-13-11(12(14)15-2)9-16-8-7-10-5-4-6-10/h10-11,13H,3-9H2,1-2H3. The van der Waals surface area contributed by atoms with E-state index < -0.39 is 0 Å². The molecule has 0 heterocycles. The molecule has 16 heavy (non-hydrogen) atoms. The largest absolute Gasteiger partial charge is 0.468 e. The normalized spacial score (nSPS) is 17.9. The van der Waals surface area contributed by atoms with Gasteiger partial charge in [-0.15, -0.1) is 0 Å². The highest BCUT2D eigenvalue weighted by molar-refractivity contribution is 5.75. The van der Waals surface area contributed by atoms with Gasteiger partial charge in [-0.05, 0) is 18.9 Å². The smallest absolute Gasteiger partial charge is 0.325 e. The summed E-state index contributed by atoms with van der Waals surface area (Å²) >= 11 is 0. The van der Waals surface area contributed by atoms with Crippen LogP contribution < -0.4 is 5.32 Å². The molecule has 4 nitrogen and oxygen atoms in total. The van der Waals surface area contributed by atoms with Gasteiger partial charge in [0, 0.05) is 6.61 Å². The maximum absolute atomic E-state index is 11.3. The molecule has 1 fully saturated rings. The summed E-state index contributed by atoms with van der Waals surface area (Å²) in [5.74, 6) is 0.612. The van der Waals surface area contributed by atoms with Gasteiger partial charge in [-0.25, -0.2) is 0 Å². The van der Waals surface area contributed by atoms with Crippen molar-refractivity contribution >= 4 is 5.97 Å². The Morgan fingerprint density at radius 3 is 2.75 bits per heavy atom. The molecule has 1 rings (SSSR count).